The van der Waals surface area contributed by atoms with E-state index in [0.717, 1.165) is 10.2 Å². The quantitative estimate of drug-likeness (QED) is 0.820. The van der Waals surface area contributed by atoms with Gasteiger partial charge >= 0.3 is 0 Å². The number of amides is 1. The maximum atomic E-state index is 12.3. The molecule has 0 saturated carbocycles. The van der Waals surface area contributed by atoms with Crippen LogP contribution < -0.4 is 4.90 Å². The molecule has 92 valence electrons. The molecule has 0 bridgehead atoms. The van der Waals surface area contributed by atoms with Gasteiger partial charge < -0.3 is 4.90 Å². The van der Waals surface area contributed by atoms with Crippen LogP contribution in [-0.4, -0.2) is 13.0 Å². The van der Waals surface area contributed by atoms with Crippen LogP contribution in [0.3, 0.4) is 0 Å². The Bertz CT molecular complexity index is 563. The van der Waals surface area contributed by atoms with Gasteiger partial charge in [0, 0.05) is 22.8 Å². The van der Waals surface area contributed by atoms with E-state index in [1.54, 1.807) is 11.9 Å². The molecule has 0 aliphatic carbocycles. The summed E-state index contributed by atoms with van der Waals surface area (Å²) in [5, 5.41) is 0. The normalized spacial score (nSPS) is 10.2. The van der Waals surface area contributed by atoms with Crippen molar-refractivity contribution in [3.63, 3.8) is 0 Å². The second kappa shape index (κ2) is 5.36. The maximum absolute atomic E-state index is 12.3. The summed E-state index contributed by atoms with van der Waals surface area (Å²) in [4.78, 5) is 13.9. The Morgan fingerprint density at radius 2 is 1.78 bits per heavy atom. The lowest BCUT2D eigenvalue weighted by Gasteiger charge is -2.17. The van der Waals surface area contributed by atoms with Crippen LogP contribution in [0.2, 0.25) is 0 Å². The molecule has 1 amide bonds. The van der Waals surface area contributed by atoms with Crippen molar-refractivity contribution in [2.24, 2.45) is 0 Å². The second-order valence-corrected chi connectivity index (χ2v) is 5.13. The standard InChI is InChI=1S/C15H14BrNO/c1-11-6-8-14(9-7-11)17(2)15(18)12-4-3-5-13(16)10-12/h3-10H,1-2H3. The van der Waals surface area contributed by atoms with Gasteiger partial charge in [-0.2, -0.15) is 0 Å². The average molecular weight is 304 g/mol. The lowest BCUT2D eigenvalue weighted by atomic mass is 10.1. The number of benzene rings is 2. The van der Waals surface area contributed by atoms with Gasteiger partial charge in [0.05, 0.1) is 0 Å². The summed E-state index contributed by atoms with van der Waals surface area (Å²) < 4.78 is 0.908. The highest BCUT2D eigenvalue weighted by Gasteiger charge is 2.13. The minimum Gasteiger partial charge on any atom is -0.311 e. The number of rotatable bonds is 2. The zero-order valence-corrected chi connectivity index (χ0v) is 11.9. The average Bonchev–Trinajstić information content (AvgIpc) is 2.38. The molecule has 2 rings (SSSR count). The minimum absolute atomic E-state index is 0.0137. The van der Waals surface area contributed by atoms with Crippen molar-refractivity contribution >= 4 is 27.5 Å². The summed E-state index contributed by atoms with van der Waals surface area (Å²) in [5.74, 6) is -0.0137. The first-order valence-corrected chi connectivity index (χ1v) is 6.47. The Hall–Kier alpha value is -1.61. The molecule has 3 heteroatoms. The van der Waals surface area contributed by atoms with Crippen LogP contribution in [-0.2, 0) is 0 Å². The zero-order valence-electron chi connectivity index (χ0n) is 10.4. The fourth-order valence-corrected chi connectivity index (χ4v) is 2.10. The highest BCUT2D eigenvalue weighted by Crippen LogP contribution is 2.18. The van der Waals surface area contributed by atoms with Crippen molar-refractivity contribution < 1.29 is 4.79 Å². The first-order chi connectivity index (χ1) is 8.58. The van der Waals surface area contributed by atoms with E-state index in [4.69, 9.17) is 0 Å². The van der Waals surface area contributed by atoms with E-state index in [1.165, 1.54) is 5.56 Å². The molecule has 2 aromatic rings. The van der Waals surface area contributed by atoms with Gasteiger partial charge in [0.15, 0.2) is 0 Å². The summed E-state index contributed by atoms with van der Waals surface area (Å²) in [5.41, 5.74) is 2.75. The van der Waals surface area contributed by atoms with E-state index < -0.39 is 0 Å². The van der Waals surface area contributed by atoms with Crippen molar-refractivity contribution in [1.29, 1.82) is 0 Å². The largest absolute Gasteiger partial charge is 0.311 e. The Morgan fingerprint density at radius 3 is 2.39 bits per heavy atom. The molecule has 0 atom stereocenters. The summed E-state index contributed by atoms with van der Waals surface area (Å²) in [7, 11) is 1.79. The first-order valence-electron chi connectivity index (χ1n) is 5.68. The molecular formula is C15H14BrNO. The number of anilines is 1. The molecule has 2 nitrogen and oxygen atoms in total. The Balaban J connectivity index is 2.26. The lowest BCUT2D eigenvalue weighted by molar-refractivity contribution is 0.0993. The van der Waals surface area contributed by atoms with Gasteiger partial charge in [0.2, 0.25) is 0 Å². The smallest absolute Gasteiger partial charge is 0.258 e. The molecule has 2 aromatic carbocycles. The van der Waals surface area contributed by atoms with E-state index in [-0.39, 0.29) is 5.91 Å². The number of aryl methyl sites for hydroxylation is 1. The van der Waals surface area contributed by atoms with Crippen molar-refractivity contribution in [2.75, 3.05) is 11.9 Å². The molecular weight excluding hydrogens is 290 g/mol. The van der Waals surface area contributed by atoms with Gasteiger partial charge in [0.25, 0.3) is 5.91 Å². The maximum Gasteiger partial charge on any atom is 0.258 e. The van der Waals surface area contributed by atoms with Crippen molar-refractivity contribution in [3.8, 4) is 0 Å². The molecule has 0 N–H and O–H groups in total. The van der Waals surface area contributed by atoms with Gasteiger partial charge in [-0.15, -0.1) is 0 Å². The Kier molecular flexibility index (Phi) is 3.82. The van der Waals surface area contributed by atoms with E-state index in [1.807, 2.05) is 55.5 Å². The van der Waals surface area contributed by atoms with Crippen molar-refractivity contribution in [2.45, 2.75) is 6.92 Å². The van der Waals surface area contributed by atoms with E-state index in [9.17, 15) is 4.79 Å². The molecule has 0 unspecified atom stereocenters. The Morgan fingerprint density at radius 1 is 1.11 bits per heavy atom. The zero-order chi connectivity index (χ0) is 13.1. The molecule has 18 heavy (non-hydrogen) atoms. The van der Waals surface area contributed by atoms with Crippen LogP contribution in [0.15, 0.2) is 53.0 Å². The third kappa shape index (κ3) is 2.79. The fraction of sp³-hybridized carbons (Fsp3) is 0.133. The number of halogens is 1. The SMILES string of the molecule is Cc1ccc(N(C)C(=O)c2cccc(Br)c2)cc1. The second-order valence-electron chi connectivity index (χ2n) is 4.21. The number of nitrogens with zero attached hydrogens (tertiary/aromatic N) is 1. The first kappa shape index (κ1) is 12.8. The monoisotopic (exact) mass is 303 g/mol. The van der Waals surface area contributed by atoms with E-state index in [2.05, 4.69) is 15.9 Å². The van der Waals surface area contributed by atoms with Gasteiger partial charge in [-0.1, -0.05) is 39.7 Å². The molecule has 0 radical (unpaired) electrons. The lowest BCUT2D eigenvalue weighted by Crippen LogP contribution is -2.26. The molecule has 0 aliphatic heterocycles. The fourth-order valence-electron chi connectivity index (χ4n) is 1.70. The molecule has 0 spiro atoms. The highest BCUT2D eigenvalue weighted by atomic mass is 79.9. The van der Waals surface area contributed by atoms with Crippen LogP contribution in [0.4, 0.5) is 5.69 Å². The number of hydrogen-bond acceptors (Lipinski definition) is 1. The molecule has 0 fully saturated rings. The van der Waals surface area contributed by atoms with E-state index in [0.29, 0.717) is 5.56 Å². The highest BCUT2D eigenvalue weighted by molar-refractivity contribution is 9.10. The third-order valence-electron chi connectivity index (χ3n) is 2.80. The van der Waals surface area contributed by atoms with Crippen LogP contribution in [0.5, 0.6) is 0 Å². The summed E-state index contributed by atoms with van der Waals surface area (Å²) in [6.07, 6.45) is 0. The van der Waals surface area contributed by atoms with E-state index >= 15 is 0 Å². The van der Waals surface area contributed by atoms with Gasteiger partial charge in [-0.05, 0) is 37.3 Å². The Labute approximate surface area is 115 Å². The number of carbonyl (C=O) groups excluding carboxylic acids is 1. The van der Waals surface area contributed by atoms with Gasteiger partial charge in [-0.25, -0.2) is 0 Å². The minimum atomic E-state index is -0.0137. The number of carbonyl (C=O) groups is 1. The van der Waals surface area contributed by atoms with Crippen molar-refractivity contribution in [3.05, 3.63) is 64.1 Å². The van der Waals surface area contributed by atoms with Crippen LogP contribution in [0, 0.1) is 6.92 Å². The van der Waals surface area contributed by atoms with Gasteiger partial charge in [-0.3, -0.25) is 4.79 Å². The molecule has 0 aromatic heterocycles. The summed E-state index contributed by atoms with van der Waals surface area (Å²) in [6.45, 7) is 2.03. The topological polar surface area (TPSA) is 20.3 Å². The predicted molar refractivity (Wildman–Crippen MR) is 78.1 cm³/mol. The predicted octanol–water partition coefficient (Wildman–Crippen LogP) is 4.03. The summed E-state index contributed by atoms with van der Waals surface area (Å²) in [6, 6.07) is 15.3. The van der Waals surface area contributed by atoms with Crippen molar-refractivity contribution in [1.82, 2.24) is 0 Å². The van der Waals surface area contributed by atoms with Crippen LogP contribution in [0.25, 0.3) is 0 Å². The summed E-state index contributed by atoms with van der Waals surface area (Å²) >= 11 is 3.37. The van der Waals surface area contributed by atoms with Crippen LogP contribution in [0.1, 0.15) is 15.9 Å². The van der Waals surface area contributed by atoms with Crippen LogP contribution >= 0.6 is 15.9 Å². The molecule has 0 aliphatic rings. The number of hydrogen-bond donors (Lipinski definition) is 0. The molecule has 0 heterocycles. The third-order valence-corrected chi connectivity index (χ3v) is 3.29. The van der Waals surface area contributed by atoms with Gasteiger partial charge in [0.1, 0.15) is 0 Å². The molecule has 0 saturated heterocycles.